The van der Waals surface area contributed by atoms with Crippen molar-refractivity contribution in [3.63, 3.8) is 0 Å². The first-order valence-corrected chi connectivity index (χ1v) is 5.96. The molecule has 1 fully saturated rings. The van der Waals surface area contributed by atoms with Crippen molar-refractivity contribution < 1.29 is 13.2 Å². The smallest absolute Gasteiger partial charge is 0.320 e. The molecule has 1 aliphatic rings. The zero-order chi connectivity index (χ0) is 13.4. The SMILES string of the molecule is CN1CCCC(N)(c2cccc(C(F)(F)F)c2)C1. The maximum atomic E-state index is 12.7. The van der Waals surface area contributed by atoms with Crippen LogP contribution in [0.2, 0.25) is 0 Å². The summed E-state index contributed by atoms with van der Waals surface area (Å²) in [6, 6.07) is 5.38. The molecule has 0 saturated carbocycles. The van der Waals surface area contributed by atoms with E-state index in [9.17, 15) is 13.2 Å². The van der Waals surface area contributed by atoms with Crippen LogP contribution < -0.4 is 5.73 Å². The molecule has 0 spiro atoms. The number of hydrogen-bond acceptors (Lipinski definition) is 2. The number of nitrogens with two attached hydrogens (primary N) is 1. The highest BCUT2D eigenvalue weighted by molar-refractivity contribution is 5.31. The van der Waals surface area contributed by atoms with Crippen molar-refractivity contribution in [2.75, 3.05) is 20.1 Å². The highest BCUT2D eigenvalue weighted by Crippen LogP contribution is 2.34. The Morgan fingerprint density at radius 2 is 2.06 bits per heavy atom. The van der Waals surface area contributed by atoms with E-state index in [0.29, 0.717) is 12.1 Å². The van der Waals surface area contributed by atoms with Crippen LogP contribution in [0.5, 0.6) is 0 Å². The van der Waals surface area contributed by atoms with Gasteiger partial charge in [-0.25, -0.2) is 0 Å². The van der Waals surface area contributed by atoms with Crippen molar-refractivity contribution in [3.05, 3.63) is 35.4 Å². The van der Waals surface area contributed by atoms with Crippen LogP contribution >= 0.6 is 0 Å². The number of rotatable bonds is 1. The van der Waals surface area contributed by atoms with Crippen molar-refractivity contribution >= 4 is 0 Å². The normalized spacial score (nSPS) is 26.3. The van der Waals surface area contributed by atoms with E-state index in [1.807, 2.05) is 7.05 Å². The summed E-state index contributed by atoms with van der Waals surface area (Å²) in [6.45, 7) is 1.53. The fourth-order valence-corrected chi connectivity index (χ4v) is 2.55. The van der Waals surface area contributed by atoms with Crippen LogP contribution in [-0.2, 0) is 11.7 Å². The molecule has 1 heterocycles. The molecular formula is C13H17F3N2. The van der Waals surface area contributed by atoms with Gasteiger partial charge in [0.2, 0.25) is 0 Å². The Balaban J connectivity index is 2.33. The van der Waals surface area contributed by atoms with Gasteiger partial charge in [0.05, 0.1) is 11.1 Å². The lowest BCUT2D eigenvalue weighted by Crippen LogP contribution is -2.50. The lowest BCUT2D eigenvalue weighted by Gasteiger charge is -2.39. The van der Waals surface area contributed by atoms with Crippen LogP contribution in [0.15, 0.2) is 24.3 Å². The lowest BCUT2D eigenvalue weighted by molar-refractivity contribution is -0.137. The third-order valence-electron chi connectivity index (χ3n) is 3.48. The summed E-state index contributed by atoms with van der Waals surface area (Å²) in [6.07, 6.45) is -2.69. The van der Waals surface area contributed by atoms with Crippen molar-refractivity contribution in [2.24, 2.45) is 5.73 Å². The van der Waals surface area contributed by atoms with Crippen LogP contribution in [-0.4, -0.2) is 25.0 Å². The van der Waals surface area contributed by atoms with E-state index in [1.165, 1.54) is 12.1 Å². The van der Waals surface area contributed by atoms with Crippen molar-refractivity contribution in [3.8, 4) is 0 Å². The third-order valence-corrected chi connectivity index (χ3v) is 3.48. The van der Waals surface area contributed by atoms with Gasteiger partial charge in [-0.3, -0.25) is 0 Å². The molecule has 1 aromatic rings. The largest absolute Gasteiger partial charge is 0.416 e. The van der Waals surface area contributed by atoms with Gasteiger partial charge in [0.1, 0.15) is 0 Å². The number of halogens is 3. The first-order valence-electron chi connectivity index (χ1n) is 5.96. The summed E-state index contributed by atoms with van der Waals surface area (Å²) in [7, 11) is 1.94. The summed E-state index contributed by atoms with van der Waals surface area (Å²) in [5.41, 5.74) is 5.55. The van der Waals surface area contributed by atoms with Crippen LogP contribution in [0.1, 0.15) is 24.0 Å². The van der Waals surface area contributed by atoms with Gasteiger partial charge in [0, 0.05) is 6.54 Å². The molecule has 5 heteroatoms. The molecule has 18 heavy (non-hydrogen) atoms. The Bertz CT molecular complexity index is 430. The fraction of sp³-hybridized carbons (Fsp3) is 0.538. The second kappa shape index (κ2) is 4.55. The predicted octanol–water partition coefficient (Wildman–Crippen LogP) is 2.59. The third kappa shape index (κ3) is 2.67. The molecule has 2 N–H and O–H groups in total. The molecule has 0 aromatic heterocycles. The van der Waals surface area contributed by atoms with Crippen LogP contribution in [0, 0.1) is 0 Å². The molecule has 0 aliphatic carbocycles. The second-order valence-corrected chi connectivity index (χ2v) is 5.08. The average Bonchev–Trinajstić information content (AvgIpc) is 2.28. The number of benzene rings is 1. The van der Waals surface area contributed by atoms with Crippen LogP contribution in [0.25, 0.3) is 0 Å². The van der Waals surface area contributed by atoms with Crippen molar-refractivity contribution in [1.82, 2.24) is 4.90 Å². The topological polar surface area (TPSA) is 29.3 Å². The number of likely N-dealkylation sites (tertiary alicyclic amines) is 1. The highest BCUT2D eigenvalue weighted by atomic mass is 19.4. The zero-order valence-electron chi connectivity index (χ0n) is 10.3. The van der Waals surface area contributed by atoms with Crippen LogP contribution in [0.4, 0.5) is 13.2 Å². The van der Waals surface area contributed by atoms with Gasteiger partial charge in [0.15, 0.2) is 0 Å². The molecule has 1 aromatic carbocycles. The van der Waals surface area contributed by atoms with E-state index in [2.05, 4.69) is 4.90 Å². The summed E-state index contributed by atoms with van der Waals surface area (Å²) in [4.78, 5) is 2.06. The van der Waals surface area contributed by atoms with E-state index in [4.69, 9.17) is 5.73 Å². The maximum absolute atomic E-state index is 12.7. The highest BCUT2D eigenvalue weighted by Gasteiger charge is 2.35. The van der Waals surface area contributed by atoms with Gasteiger partial charge in [-0.2, -0.15) is 13.2 Å². The number of likely N-dealkylation sites (N-methyl/N-ethyl adjacent to an activating group) is 1. The van der Waals surface area contributed by atoms with Crippen molar-refractivity contribution in [2.45, 2.75) is 24.6 Å². The molecule has 2 rings (SSSR count). The van der Waals surface area contributed by atoms with E-state index in [1.54, 1.807) is 6.07 Å². The monoisotopic (exact) mass is 258 g/mol. The summed E-state index contributed by atoms with van der Waals surface area (Å²) in [5, 5.41) is 0. The lowest BCUT2D eigenvalue weighted by atomic mass is 9.83. The number of hydrogen-bond donors (Lipinski definition) is 1. The molecule has 1 unspecified atom stereocenters. The molecule has 1 atom stereocenters. The minimum absolute atomic E-state index is 0.573. The summed E-state index contributed by atoms with van der Waals surface area (Å²) < 4.78 is 38.1. The maximum Gasteiger partial charge on any atom is 0.416 e. The average molecular weight is 258 g/mol. The van der Waals surface area contributed by atoms with E-state index < -0.39 is 17.3 Å². The predicted molar refractivity (Wildman–Crippen MR) is 64.0 cm³/mol. The second-order valence-electron chi connectivity index (χ2n) is 5.08. The van der Waals surface area contributed by atoms with Gasteiger partial charge in [-0.1, -0.05) is 12.1 Å². The zero-order valence-corrected chi connectivity index (χ0v) is 10.3. The van der Waals surface area contributed by atoms with Gasteiger partial charge < -0.3 is 10.6 Å². The first-order chi connectivity index (χ1) is 8.31. The minimum Gasteiger partial charge on any atom is -0.320 e. The van der Waals surface area contributed by atoms with E-state index in [-0.39, 0.29) is 0 Å². The Morgan fingerprint density at radius 3 is 2.67 bits per heavy atom. The number of piperidine rings is 1. The first kappa shape index (κ1) is 13.4. The van der Waals surface area contributed by atoms with Gasteiger partial charge in [-0.15, -0.1) is 0 Å². The quantitative estimate of drug-likeness (QED) is 0.839. The Labute approximate surface area is 105 Å². The molecule has 100 valence electrons. The Morgan fingerprint density at radius 1 is 1.33 bits per heavy atom. The number of nitrogens with zero attached hydrogens (tertiary/aromatic N) is 1. The van der Waals surface area contributed by atoms with E-state index >= 15 is 0 Å². The summed E-state index contributed by atoms with van der Waals surface area (Å²) >= 11 is 0. The van der Waals surface area contributed by atoms with Crippen molar-refractivity contribution in [1.29, 1.82) is 0 Å². The summed E-state index contributed by atoms with van der Waals surface area (Å²) in [5.74, 6) is 0. The molecule has 1 aliphatic heterocycles. The number of alkyl halides is 3. The molecule has 0 bridgehead atoms. The fourth-order valence-electron chi connectivity index (χ4n) is 2.55. The minimum atomic E-state index is -4.31. The van der Waals surface area contributed by atoms with Gasteiger partial charge in [0.25, 0.3) is 0 Å². The van der Waals surface area contributed by atoms with Crippen LogP contribution in [0.3, 0.4) is 0 Å². The molecule has 2 nitrogen and oxygen atoms in total. The van der Waals surface area contributed by atoms with E-state index in [0.717, 1.165) is 25.5 Å². The molecule has 0 amide bonds. The molecule has 0 radical (unpaired) electrons. The Hall–Kier alpha value is -1.07. The standard InChI is InChI=1S/C13H17F3N2/c1-18-7-3-6-12(17,9-18)10-4-2-5-11(8-10)13(14,15)16/h2,4-5,8H,3,6-7,9,17H2,1H3. The molecular weight excluding hydrogens is 241 g/mol. The van der Waals surface area contributed by atoms with Gasteiger partial charge >= 0.3 is 6.18 Å². The molecule has 1 saturated heterocycles. The Kier molecular flexibility index (Phi) is 3.38. The van der Waals surface area contributed by atoms with Gasteiger partial charge in [-0.05, 0) is 44.1 Å².